The molecule has 1 atom stereocenters. The molecule has 1 aliphatic rings. The number of H-pyrrole nitrogens is 1. The molecule has 0 aliphatic heterocycles. The number of ketones is 1. The van der Waals surface area contributed by atoms with Gasteiger partial charge in [-0.3, -0.25) is 14.4 Å². The lowest BCUT2D eigenvalue weighted by molar-refractivity contribution is -0.122. The van der Waals surface area contributed by atoms with E-state index in [1.165, 1.54) is 6.33 Å². The molecule has 4 N–H and O–H groups in total. The third kappa shape index (κ3) is 3.83. The first-order chi connectivity index (χ1) is 15.6. The van der Waals surface area contributed by atoms with E-state index < -0.39 is 6.04 Å². The summed E-state index contributed by atoms with van der Waals surface area (Å²) in [6, 6.07) is 13.7. The molecule has 0 fully saturated rings. The van der Waals surface area contributed by atoms with Gasteiger partial charge < -0.3 is 20.6 Å². The number of benzene rings is 2. The molecule has 0 saturated heterocycles. The highest BCUT2D eigenvalue weighted by Gasteiger charge is 2.32. The van der Waals surface area contributed by atoms with Gasteiger partial charge in [-0.15, -0.1) is 12.4 Å². The molecule has 1 aliphatic carbocycles. The number of fused-ring (bicyclic) bond motifs is 5. The highest BCUT2D eigenvalue weighted by Crippen LogP contribution is 2.38. The van der Waals surface area contributed by atoms with E-state index in [0.717, 1.165) is 11.3 Å². The van der Waals surface area contributed by atoms with Crippen LogP contribution >= 0.6 is 12.4 Å². The highest BCUT2D eigenvalue weighted by atomic mass is 35.5. The summed E-state index contributed by atoms with van der Waals surface area (Å²) < 4.78 is 1.59. The Labute approximate surface area is 195 Å². The summed E-state index contributed by atoms with van der Waals surface area (Å²) in [4.78, 5) is 45.8. The van der Waals surface area contributed by atoms with Crippen LogP contribution in [0.2, 0.25) is 0 Å². The van der Waals surface area contributed by atoms with Crippen molar-refractivity contribution in [2.75, 3.05) is 6.54 Å². The molecule has 168 valence electrons. The summed E-state index contributed by atoms with van der Waals surface area (Å²) in [6.07, 6.45) is 3.49. The average molecular weight is 464 g/mol. The lowest BCUT2D eigenvalue weighted by atomic mass is 10.0. The van der Waals surface area contributed by atoms with Crippen molar-refractivity contribution in [1.29, 1.82) is 0 Å². The first kappa shape index (κ1) is 22.4. The van der Waals surface area contributed by atoms with Crippen LogP contribution in [0.25, 0.3) is 22.0 Å². The Morgan fingerprint density at radius 2 is 1.76 bits per heavy atom. The number of nitrogens with one attached hydrogen (secondary N) is 2. The summed E-state index contributed by atoms with van der Waals surface area (Å²) in [5.41, 5.74) is 9.01. The maximum atomic E-state index is 13.3. The molecule has 0 spiro atoms. The zero-order valence-electron chi connectivity index (χ0n) is 17.6. The number of hydrogen-bond acceptors (Lipinski definition) is 5. The fraction of sp³-hybridized carbons (Fsp3) is 0.167. The molecule has 0 unspecified atom stereocenters. The van der Waals surface area contributed by atoms with Crippen molar-refractivity contribution in [3.63, 3.8) is 0 Å². The van der Waals surface area contributed by atoms with Gasteiger partial charge in [-0.1, -0.05) is 42.5 Å². The number of hydrogen-bond donors (Lipinski definition) is 3. The van der Waals surface area contributed by atoms with E-state index in [1.807, 2.05) is 24.3 Å². The van der Waals surface area contributed by atoms with Crippen LogP contribution in [-0.2, 0) is 17.8 Å². The van der Waals surface area contributed by atoms with Crippen molar-refractivity contribution in [2.24, 2.45) is 5.73 Å². The Balaban J connectivity index is 0.00000259. The van der Waals surface area contributed by atoms with E-state index in [-0.39, 0.29) is 42.7 Å². The Kier molecular flexibility index (Phi) is 6.13. The van der Waals surface area contributed by atoms with Gasteiger partial charge in [-0.25, -0.2) is 4.98 Å². The Morgan fingerprint density at radius 1 is 1.06 bits per heavy atom. The predicted octanol–water partition coefficient (Wildman–Crippen LogP) is 2.04. The van der Waals surface area contributed by atoms with E-state index in [4.69, 9.17) is 5.73 Å². The van der Waals surface area contributed by atoms with Gasteiger partial charge in [0.05, 0.1) is 23.6 Å². The summed E-state index contributed by atoms with van der Waals surface area (Å²) in [7, 11) is 0. The van der Waals surface area contributed by atoms with Gasteiger partial charge in [-0.05, 0) is 6.07 Å². The van der Waals surface area contributed by atoms with Crippen LogP contribution in [0.3, 0.4) is 0 Å². The standard InChI is InChI=1S/C24H21N5O3.ClH/c25-19(11-14-12-26-13-28-14)23(31)27-9-10-29-21-16-6-2-3-7-17(16)22(30)20(21)15-5-1-4-8-18(15)24(29)32;/h1-8,12-13,19H,9-11,25H2,(H,26,28)(H,27,31);1H/t19-;/m0./s1. The number of nitrogens with zero attached hydrogens (tertiary/aromatic N) is 2. The van der Waals surface area contributed by atoms with Gasteiger partial charge in [0.1, 0.15) is 0 Å². The van der Waals surface area contributed by atoms with Gasteiger partial charge in [0.2, 0.25) is 5.91 Å². The van der Waals surface area contributed by atoms with Crippen molar-refractivity contribution in [2.45, 2.75) is 19.0 Å². The fourth-order valence-electron chi connectivity index (χ4n) is 4.29. The molecule has 2 aromatic heterocycles. The zero-order chi connectivity index (χ0) is 22.2. The monoisotopic (exact) mass is 463 g/mol. The smallest absolute Gasteiger partial charge is 0.259 e. The van der Waals surface area contributed by atoms with E-state index in [2.05, 4.69) is 15.3 Å². The van der Waals surface area contributed by atoms with Crippen LogP contribution in [0.1, 0.15) is 21.6 Å². The quantitative estimate of drug-likeness (QED) is 0.355. The van der Waals surface area contributed by atoms with Crippen molar-refractivity contribution in [3.05, 3.63) is 88.2 Å². The van der Waals surface area contributed by atoms with E-state index in [9.17, 15) is 14.4 Å². The molecule has 8 nitrogen and oxygen atoms in total. The van der Waals surface area contributed by atoms with Crippen molar-refractivity contribution in [1.82, 2.24) is 19.9 Å². The Bertz CT molecular complexity index is 1410. The lowest BCUT2D eigenvalue weighted by Crippen LogP contribution is -2.43. The molecule has 33 heavy (non-hydrogen) atoms. The summed E-state index contributed by atoms with van der Waals surface area (Å²) >= 11 is 0. The second-order valence-corrected chi connectivity index (χ2v) is 7.78. The summed E-state index contributed by atoms with van der Waals surface area (Å²) in [5.74, 6) is -0.410. The first-order valence-electron chi connectivity index (χ1n) is 10.4. The fourth-order valence-corrected chi connectivity index (χ4v) is 4.29. The van der Waals surface area contributed by atoms with Crippen molar-refractivity contribution < 1.29 is 9.59 Å². The molecule has 2 heterocycles. The van der Waals surface area contributed by atoms with E-state index >= 15 is 0 Å². The van der Waals surface area contributed by atoms with Crippen molar-refractivity contribution >= 4 is 34.9 Å². The van der Waals surface area contributed by atoms with Gasteiger partial charge in [0, 0.05) is 53.3 Å². The van der Waals surface area contributed by atoms with Gasteiger partial charge >= 0.3 is 0 Å². The number of carbonyl (C=O) groups is 2. The van der Waals surface area contributed by atoms with Gasteiger partial charge in [0.15, 0.2) is 5.78 Å². The molecule has 0 bridgehead atoms. The maximum absolute atomic E-state index is 13.3. The van der Waals surface area contributed by atoms with Crippen molar-refractivity contribution in [3.8, 4) is 11.3 Å². The topological polar surface area (TPSA) is 123 Å². The Morgan fingerprint density at radius 3 is 2.48 bits per heavy atom. The van der Waals surface area contributed by atoms with E-state index in [1.54, 1.807) is 35.0 Å². The van der Waals surface area contributed by atoms with Crippen LogP contribution in [0.4, 0.5) is 0 Å². The number of aromatic amines is 1. The molecule has 1 amide bonds. The SMILES string of the molecule is Cl.N[C@@H](Cc1cnc[nH]1)C(=O)NCCn1c2c(c3ccccc3c1=O)C(=O)c1ccccc1-2. The largest absolute Gasteiger partial charge is 0.353 e. The van der Waals surface area contributed by atoms with Gasteiger partial charge in [0.25, 0.3) is 5.56 Å². The number of halogens is 1. The molecule has 0 saturated carbocycles. The minimum Gasteiger partial charge on any atom is -0.353 e. The number of rotatable bonds is 6. The first-order valence-corrected chi connectivity index (χ1v) is 10.4. The van der Waals surface area contributed by atoms with Crippen LogP contribution in [0.5, 0.6) is 0 Å². The molecule has 9 heteroatoms. The number of pyridine rings is 1. The minimum absolute atomic E-state index is 0. The molecular formula is C24H22ClN5O3. The van der Waals surface area contributed by atoms with Gasteiger partial charge in [-0.2, -0.15) is 0 Å². The molecule has 4 aromatic rings. The number of carbonyl (C=O) groups excluding carboxylic acids is 2. The number of amides is 1. The third-order valence-corrected chi connectivity index (χ3v) is 5.80. The van der Waals surface area contributed by atoms with Crippen LogP contribution in [0.15, 0.2) is 65.8 Å². The van der Waals surface area contributed by atoms with Crippen LogP contribution in [-0.4, -0.2) is 38.8 Å². The average Bonchev–Trinajstić information content (AvgIpc) is 3.42. The maximum Gasteiger partial charge on any atom is 0.259 e. The number of imidazole rings is 1. The summed E-state index contributed by atoms with van der Waals surface area (Å²) in [5, 5.41) is 3.93. The second kappa shape index (κ2) is 9.01. The molecule has 0 radical (unpaired) electrons. The molecule has 2 aromatic carbocycles. The molecular weight excluding hydrogens is 442 g/mol. The minimum atomic E-state index is -0.739. The number of nitrogens with two attached hydrogens (primary N) is 1. The highest BCUT2D eigenvalue weighted by molar-refractivity contribution is 6.26. The molecule has 5 rings (SSSR count). The third-order valence-electron chi connectivity index (χ3n) is 5.80. The lowest BCUT2D eigenvalue weighted by Gasteiger charge is -2.16. The normalized spacial score (nSPS) is 12.7. The number of aromatic nitrogens is 3. The van der Waals surface area contributed by atoms with Crippen LogP contribution < -0.4 is 16.6 Å². The Hall–Kier alpha value is -3.75. The van der Waals surface area contributed by atoms with E-state index in [0.29, 0.717) is 34.0 Å². The summed E-state index contributed by atoms with van der Waals surface area (Å²) in [6.45, 7) is 0.423. The predicted molar refractivity (Wildman–Crippen MR) is 128 cm³/mol. The van der Waals surface area contributed by atoms with Crippen LogP contribution in [0, 0.1) is 0 Å². The second-order valence-electron chi connectivity index (χ2n) is 7.78. The zero-order valence-corrected chi connectivity index (χ0v) is 18.4.